The van der Waals surface area contributed by atoms with Crippen LogP contribution in [0.2, 0.25) is 5.02 Å². The van der Waals surface area contributed by atoms with Gasteiger partial charge in [-0.15, -0.1) is 0 Å². The van der Waals surface area contributed by atoms with Crippen LogP contribution in [0.25, 0.3) is 17.2 Å². The van der Waals surface area contributed by atoms with Gasteiger partial charge in [-0.2, -0.15) is 5.26 Å². The third-order valence-corrected chi connectivity index (χ3v) is 6.56. The smallest absolute Gasteiger partial charge is 0.331 e. The Labute approximate surface area is 212 Å². The number of carbonyl (C=O) groups excluding carboxylic acids is 1. The van der Waals surface area contributed by atoms with E-state index in [2.05, 4.69) is 6.07 Å². The van der Waals surface area contributed by atoms with Gasteiger partial charge in [0.2, 0.25) is 0 Å². The first-order valence-corrected chi connectivity index (χ1v) is 11.7. The number of fused-ring (bicyclic) bond motifs is 1. The lowest BCUT2D eigenvalue weighted by atomic mass is 9.97. The molecule has 2 aromatic carbocycles. The summed E-state index contributed by atoms with van der Waals surface area (Å²) in [6.07, 6.45) is 3.94. The summed E-state index contributed by atoms with van der Waals surface area (Å²) in [5, 5.41) is 19.2. The number of carboxylic acid groups (broad SMARTS) is 1. The fourth-order valence-corrected chi connectivity index (χ4v) is 4.70. The fourth-order valence-electron chi connectivity index (χ4n) is 4.52. The SMILES string of the molecule is CCC(C(=O)Cc1ccc2c(c1)CC(C(=O)O)=C2)n1cc(OC)c(-c2cc(Cl)ccc2C#N)cc1=O. The van der Waals surface area contributed by atoms with Crippen LogP contribution in [0.3, 0.4) is 0 Å². The molecule has 8 heteroatoms. The lowest BCUT2D eigenvalue weighted by Gasteiger charge is -2.20. The highest BCUT2D eigenvalue weighted by Crippen LogP contribution is 2.34. The van der Waals surface area contributed by atoms with Crippen LogP contribution >= 0.6 is 11.6 Å². The van der Waals surface area contributed by atoms with E-state index >= 15 is 0 Å². The molecule has 0 spiro atoms. The van der Waals surface area contributed by atoms with Crippen molar-refractivity contribution in [3.05, 3.63) is 91.9 Å². The molecule has 0 amide bonds. The number of aromatic nitrogens is 1. The molecule has 0 saturated heterocycles. The van der Waals surface area contributed by atoms with Gasteiger partial charge in [0.05, 0.1) is 31.0 Å². The molecule has 1 atom stereocenters. The van der Waals surface area contributed by atoms with Gasteiger partial charge in [-0.3, -0.25) is 9.59 Å². The Balaban J connectivity index is 1.64. The number of methoxy groups -OCH3 is 1. The molecular weight excluding hydrogens is 480 g/mol. The second-order valence-corrected chi connectivity index (χ2v) is 8.99. The number of aliphatic carboxylic acids is 1. The van der Waals surface area contributed by atoms with Gasteiger partial charge in [0.15, 0.2) is 5.78 Å². The van der Waals surface area contributed by atoms with Crippen LogP contribution in [0.1, 0.15) is 41.6 Å². The summed E-state index contributed by atoms with van der Waals surface area (Å²) in [6.45, 7) is 1.83. The second-order valence-electron chi connectivity index (χ2n) is 8.55. The molecule has 0 saturated carbocycles. The molecule has 0 bridgehead atoms. The molecule has 1 aromatic heterocycles. The van der Waals surface area contributed by atoms with Gasteiger partial charge in [-0.1, -0.05) is 36.7 Å². The summed E-state index contributed by atoms with van der Waals surface area (Å²) >= 11 is 6.13. The number of halogens is 1. The van der Waals surface area contributed by atoms with Crippen LogP contribution in [0, 0.1) is 11.3 Å². The van der Waals surface area contributed by atoms with Crippen molar-refractivity contribution in [2.24, 2.45) is 0 Å². The zero-order valence-electron chi connectivity index (χ0n) is 19.7. The molecule has 182 valence electrons. The summed E-state index contributed by atoms with van der Waals surface area (Å²) in [5.41, 5.74) is 3.60. The van der Waals surface area contributed by atoms with Crippen LogP contribution in [0.5, 0.6) is 5.75 Å². The largest absolute Gasteiger partial charge is 0.495 e. The van der Waals surface area contributed by atoms with E-state index in [0.717, 1.165) is 16.7 Å². The molecule has 4 rings (SSSR count). The molecule has 0 radical (unpaired) electrons. The standard InChI is InChI=1S/C28H23ClN2O5/c1-3-24(25(32)9-16-4-5-17-10-20(28(34)35)11-19(17)8-16)31-15-26(36-2)23(13-27(31)33)22-12-21(29)7-6-18(22)14-30/h4-8,10,12-13,15,24H,3,9,11H2,1-2H3,(H,34,35). The van der Waals surface area contributed by atoms with Gasteiger partial charge in [-0.05, 0) is 47.4 Å². The Morgan fingerprint density at radius 2 is 1.97 bits per heavy atom. The van der Waals surface area contributed by atoms with Crippen LogP contribution < -0.4 is 10.3 Å². The summed E-state index contributed by atoms with van der Waals surface area (Å²) in [5.74, 6) is -0.769. The van der Waals surface area contributed by atoms with E-state index in [1.54, 1.807) is 30.3 Å². The summed E-state index contributed by atoms with van der Waals surface area (Å²) < 4.78 is 6.89. The van der Waals surface area contributed by atoms with Gasteiger partial charge in [0.25, 0.3) is 5.56 Å². The van der Waals surface area contributed by atoms with E-state index in [4.69, 9.17) is 16.3 Å². The molecule has 1 aliphatic carbocycles. The molecule has 0 fully saturated rings. The van der Waals surface area contributed by atoms with Gasteiger partial charge in [0.1, 0.15) is 5.75 Å². The number of benzene rings is 2. The Morgan fingerprint density at radius 1 is 1.19 bits per heavy atom. The first-order valence-electron chi connectivity index (χ1n) is 11.3. The number of ether oxygens (including phenoxy) is 1. The maximum Gasteiger partial charge on any atom is 0.331 e. The summed E-state index contributed by atoms with van der Waals surface area (Å²) in [7, 11) is 1.46. The minimum Gasteiger partial charge on any atom is -0.495 e. The van der Waals surface area contributed by atoms with Crippen molar-refractivity contribution >= 4 is 29.4 Å². The zero-order chi connectivity index (χ0) is 26.0. The van der Waals surface area contributed by atoms with Crippen LogP contribution in [-0.4, -0.2) is 28.5 Å². The minimum atomic E-state index is -0.952. The highest BCUT2D eigenvalue weighted by atomic mass is 35.5. The first-order chi connectivity index (χ1) is 17.2. The van der Waals surface area contributed by atoms with Gasteiger partial charge in [-0.25, -0.2) is 4.79 Å². The average Bonchev–Trinajstić information content (AvgIpc) is 3.29. The second kappa shape index (κ2) is 10.2. The Morgan fingerprint density at radius 3 is 2.64 bits per heavy atom. The molecule has 7 nitrogen and oxygen atoms in total. The van der Waals surface area contributed by atoms with Crippen molar-refractivity contribution in [2.45, 2.75) is 32.2 Å². The molecule has 36 heavy (non-hydrogen) atoms. The minimum absolute atomic E-state index is 0.0948. The van der Waals surface area contributed by atoms with Crippen molar-refractivity contribution < 1.29 is 19.4 Å². The number of carboxylic acids is 1. The highest BCUT2D eigenvalue weighted by Gasteiger charge is 2.24. The number of nitrogens with zero attached hydrogens (tertiary/aromatic N) is 2. The third-order valence-electron chi connectivity index (χ3n) is 6.32. The first kappa shape index (κ1) is 25.0. The van der Waals surface area contributed by atoms with Crippen molar-refractivity contribution in [2.75, 3.05) is 7.11 Å². The van der Waals surface area contributed by atoms with Crippen molar-refractivity contribution in [1.29, 1.82) is 5.26 Å². The lowest BCUT2D eigenvalue weighted by Crippen LogP contribution is -2.30. The molecule has 3 aromatic rings. The number of Topliss-reactive ketones (excluding diaryl/α,β-unsaturated/α-hetero) is 1. The van der Waals surface area contributed by atoms with Crippen molar-refractivity contribution in [3.8, 4) is 22.9 Å². The highest BCUT2D eigenvalue weighted by molar-refractivity contribution is 6.31. The van der Waals surface area contributed by atoms with E-state index in [-0.39, 0.29) is 12.2 Å². The maximum atomic E-state index is 13.3. The average molecular weight is 503 g/mol. The summed E-state index contributed by atoms with van der Waals surface area (Å²) in [4.78, 5) is 37.7. The van der Waals surface area contributed by atoms with Crippen LogP contribution in [0.4, 0.5) is 0 Å². The molecule has 0 aliphatic heterocycles. The number of ketones is 1. The Kier molecular flexibility index (Phi) is 7.09. The Hall–Kier alpha value is -4.15. The number of carbonyl (C=O) groups is 2. The Bertz CT molecular complexity index is 1510. The monoisotopic (exact) mass is 502 g/mol. The normalized spacial score (nSPS) is 12.9. The van der Waals surface area contributed by atoms with E-state index in [1.165, 1.54) is 23.9 Å². The fraction of sp³-hybridized carbons (Fsp3) is 0.214. The molecule has 1 N–H and O–H groups in total. The predicted octanol–water partition coefficient (Wildman–Crippen LogP) is 4.84. The van der Waals surface area contributed by atoms with Crippen molar-refractivity contribution in [1.82, 2.24) is 4.57 Å². The number of nitriles is 1. The van der Waals surface area contributed by atoms with Gasteiger partial charge < -0.3 is 14.4 Å². The molecular formula is C28H23ClN2O5. The molecule has 1 aliphatic rings. The molecule has 1 unspecified atom stereocenters. The van der Waals surface area contributed by atoms with Gasteiger partial charge in [0, 0.05) is 40.6 Å². The third kappa shape index (κ3) is 4.81. The number of rotatable bonds is 8. The van der Waals surface area contributed by atoms with E-state index in [9.17, 15) is 24.8 Å². The summed E-state index contributed by atoms with van der Waals surface area (Å²) in [6, 6.07) is 13.0. The molecule has 1 heterocycles. The van der Waals surface area contributed by atoms with Crippen LogP contribution in [-0.2, 0) is 22.4 Å². The zero-order valence-corrected chi connectivity index (χ0v) is 20.5. The number of hydrogen-bond acceptors (Lipinski definition) is 5. The maximum absolute atomic E-state index is 13.3. The van der Waals surface area contributed by atoms with E-state index in [1.807, 2.05) is 19.1 Å². The van der Waals surface area contributed by atoms with Gasteiger partial charge >= 0.3 is 5.97 Å². The quantitative estimate of drug-likeness (QED) is 0.472. The number of hydrogen-bond donors (Lipinski definition) is 1. The predicted molar refractivity (Wildman–Crippen MR) is 136 cm³/mol. The topological polar surface area (TPSA) is 109 Å². The van der Waals surface area contributed by atoms with E-state index in [0.29, 0.717) is 45.9 Å². The lowest BCUT2D eigenvalue weighted by molar-refractivity contribution is -0.132. The number of pyridine rings is 1. The van der Waals surface area contributed by atoms with Crippen molar-refractivity contribution in [3.63, 3.8) is 0 Å². The van der Waals surface area contributed by atoms with Crippen LogP contribution in [0.15, 0.2) is 59.0 Å². The van der Waals surface area contributed by atoms with E-state index < -0.39 is 17.6 Å².